The van der Waals surface area contributed by atoms with Gasteiger partial charge in [-0.25, -0.2) is 4.98 Å². The first-order valence-corrected chi connectivity index (χ1v) is 6.81. The first-order valence-electron chi connectivity index (χ1n) is 6.81. The molecule has 1 aromatic heterocycles. The predicted octanol–water partition coefficient (Wildman–Crippen LogP) is 2.81. The molecule has 1 heterocycles. The predicted molar refractivity (Wildman–Crippen MR) is 82.9 cm³/mol. The largest absolute Gasteiger partial charge is 0.362 e. The molecule has 0 bridgehead atoms. The number of nitrogens with zero attached hydrogens (tertiary/aromatic N) is 2. The quantitative estimate of drug-likeness (QED) is 0.915. The Morgan fingerprint density at radius 1 is 1.16 bits per heavy atom. The van der Waals surface area contributed by atoms with Gasteiger partial charge in [0.05, 0.1) is 5.52 Å². The lowest BCUT2D eigenvalue weighted by atomic mass is 10.0. The van der Waals surface area contributed by atoms with E-state index >= 15 is 0 Å². The summed E-state index contributed by atoms with van der Waals surface area (Å²) in [6.07, 6.45) is 1.98. The van der Waals surface area contributed by atoms with Crippen LogP contribution >= 0.6 is 0 Å². The lowest BCUT2D eigenvalue weighted by Crippen LogP contribution is -2.14. The molecule has 0 aliphatic rings. The second kappa shape index (κ2) is 5.57. The summed E-state index contributed by atoms with van der Waals surface area (Å²) in [7, 11) is 4.09. The first-order chi connectivity index (χ1) is 9.02. The molecule has 0 aliphatic heterocycles. The number of benzene rings is 1. The molecule has 0 aliphatic carbocycles. The maximum absolute atomic E-state index is 5.63. The standard InChI is InChI=1S/C16H23N3/c1-11-8-12(2)15-14(9-11)10-13(6-5-7-17)16(18-15)19(3)4/h8-10H,5-7,17H2,1-4H3. The Morgan fingerprint density at radius 2 is 1.89 bits per heavy atom. The van der Waals surface area contributed by atoms with Crippen molar-refractivity contribution >= 4 is 16.7 Å². The molecule has 2 rings (SSSR count). The molecule has 2 N–H and O–H groups in total. The third kappa shape index (κ3) is 2.87. The normalized spacial score (nSPS) is 11.0. The Labute approximate surface area is 115 Å². The lowest BCUT2D eigenvalue weighted by Gasteiger charge is -2.18. The van der Waals surface area contributed by atoms with Crippen molar-refractivity contribution in [1.82, 2.24) is 4.98 Å². The van der Waals surface area contributed by atoms with E-state index in [1.807, 2.05) is 14.1 Å². The van der Waals surface area contributed by atoms with Crippen LogP contribution in [0.15, 0.2) is 18.2 Å². The topological polar surface area (TPSA) is 42.2 Å². The highest BCUT2D eigenvalue weighted by molar-refractivity contribution is 5.85. The van der Waals surface area contributed by atoms with Gasteiger partial charge in [0.25, 0.3) is 0 Å². The van der Waals surface area contributed by atoms with Crippen molar-refractivity contribution in [2.75, 3.05) is 25.5 Å². The van der Waals surface area contributed by atoms with Crippen LogP contribution in [0.2, 0.25) is 0 Å². The third-order valence-corrected chi connectivity index (χ3v) is 3.38. The first kappa shape index (κ1) is 13.8. The molecule has 0 spiro atoms. The number of rotatable bonds is 4. The van der Waals surface area contributed by atoms with Gasteiger partial charge < -0.3 is 10.6 Å². The Hall–Kier alpha value is -1.61. The molecule has 0 unspecified atom stereocenters. The van der Waals surface area contributed by atoms with Crippen molar-refractivity contribution < 1.29 is 0 Å². The van der Waals surface area contributed by atoms with E-state index in [9.17, 15) is 0 Å². The molecule has 2 aromatic rings. The van der Waals surface area contributed by atoms with Crippen LogP contribution in [0.25, 0.3) is 10.9 Å². The van der Waals surface area contributed by atoms with Crippen LogP contribution in [-0.4, -0.2) is 25.6 Å². The summed E-state index contributed by atoms with van der Waals surface area (Å²) in [4.78, 5) is 6.94. The van der Waals surface area contributed by atoms with E-state index in [-0.39, 0.29) is 0 Å². The third-order valence-electron chi connectivity index (χ3n) is 3.38. The van der Waals surface area contributed by atoms with Crippen molar-refractivity contribution in [3.05, 3.63) is 34.9 Å². The maximum atomic E-state index is 5.63. The summed E-state index contributed by atoms with van der Waals surface area (Å²) in [6, 6.07) is 6.67. The smallest absolute Gasteiger partial charge is 0.131 e. The number of anilines is 1. The van der Waals surface area contributed by atoms with Crippen LogP contribution in [0.1, 0.15) is 23.1 Å². The molecule has 0 fully saturated rings. The molecule has 3 heteroatoms. The number of hydrogen-bond acceptors (Lipinski definition) is 3. The summed E-state index contributed by atoms with van der Waals surface area (Å²) in [5.74, 6) is 1.06. The average molecular weight is 257 g/mol. The van der Waals surface area contributed by atoms with Gasteiger partial charge in [-0.3, -0.25) is 0 Å². The number of nitrogens with two attached hydrogens (primary N) is 1. The summed E-state index contributed by atoms with van der Waals surface area (Å²) < 4.78 is 0. The Kier molecular flexibility index (Phi) is 4.05. The van der Waals surface area contributed by atoms with Crippen LogP contribution in [0.3, 0.4) is 0 Å². The van der Waals surface area contributed by atoms with Gasteiger partial charge in [0, 0.05) is 19.5 Å². The number of pyridine rings is 1. The van der Waals surface area contributed by atoms with Gasteiger partial charge in [0.1, 0.15) is 5.82 Å². The molecule has 3 nitrogen and oxygen atoms in total. The number of aryl methyl sites for hydroxylation is 3. The Balaban J connectivity index is 2.62. The van der Waals surface area contributed by atoms with E-state index in [1.165, 1.54) is 22.1 Å². The summed E-state index contributed by atoms with van der Waals surface area (Å²) in [5, 5.41) is 1.23. The molecule has 0 radical (unpaired) electrons. The molecule has 0 saturated heterocycles. The van der Waals surface area contributed by atoms with E-state index in [4.69, 9.17) is 10.7 Å². The molecule has 102 valence electrons. The maximum Gasteiger partial charge on any atom is 0.131 e. The lowest BCUT2D eigenvalue weighted by molar-refractivity contribution is 0.826. The number of fused-ring (bicyclic) bond motifs is 1. The minimum absolute atomic E-state index is 0.720. The Bertz CT molecular complexity index is 588. The number of aromatic nitrogens is 1. The van der Waals surface area contributed by atoms with Crippen LogP contribution in [0.5, 0.6) is 0 Å². The van der Waals surface area contributed by atoms with E-state index in [2.05, 4.69) is 36.9 Å². The van der Waals surface area contributed by atoms with Crippen LogP contribution in [0.4, 0.5) is 5.82 Å². The zero-order chi connectivity index (χ0) is 14.0. The minimum atomic E-state index is 0.720. The van der Waals surface area contributed by atoms with Gasteiger partial charge in [0.2, 0.25) is 0 Å². The summed E-state index contributed by atoms with van der Waals surface area (Å²) in [6.45, 7) is 4.98. The van der Waals surface area contributed by atoms with Crippen molar-refractivity contribution in [1.29, 1.82) is 0 Å². The SMILES string of the molecule is Cc1cc(C)c2nc(N(C)C)c(CCCN)cc2c1. The highest BCUT2D eigenvalue weighted by Crippen LogP contribution is 2.26. The monoisotopic (exact) mass is 257 g/mol. The Morgan fingerprint density at radius 3 is 2.53 bits per heavy atom. The fourth-order valence-electron chi connectivity index (χ4n) is 2.55. The van der Waals surface area contributed by atoms with Crippen LogP contribution in [0, 0.1) is 13.8 Å². The van der Waals surface area contributed by atoms with E-state index < -0.39 is 0 Å². The van der Waals surface area contributed by atoms with Crippen LogP contribution in [-0.2, 0) is 6.42 Å². The second-order valence-electron chi connectivity index (χ2n) is 5.41. The molecule has 1 aromatic carbocycles. The van der Waals surface area contributed by atoms with Crippen molar-refractivity contribution in [3.63, 3.8) is 0 Å². The van der Waals surface area contributed by atoms with Gasteiger partial charge in [-0.15, -0.1) is 0 Å². The van der Waals surface area contributed by atoms with Gasteiger partial charge in [-0.2, -0.15) is 0 Å². The fraction of sp³-hybridized carbons (Fsp3) is 0.438. The molecule has 0 amide bonds. The second-order valence-corrected chi connectivity index (χ2v) is 5.41. The van der Waals surface area contributed by atoms with E-state index in [0.29, 0.717) is 0 Å². The summed E-state index contributed by atoms with van der Waals surface area (Å²) in [5.41, 5.74) is 10.5. The van der Waals surface area contributed by atoms with Crippen molar-refractivity contribution in [3.8, 4) is 0 Å². The molecule has 19 heavy (non-hydrogen) atoms. The zero-order valence-corrected chi connectivity index (χ0v) is 12.3. The fourth-order valence-corrected chi connectivity index (χ4v) is 2.55. The zero-order valence-electron chi connectivity index (χ0n) is 12.3. The average Bonchev–Trinajstić information content (AvgIpc) is 2.34. The van der Waals surface area contributed by atoms with Crippen molar-refractivity contribution in [2.45, 2.75) is 26.7 Å². The highest BCUT2D eigenvalue weighted by Gasteiger charge is 2.10. The van der Waals surface area contributed by atoms with E-state index in [0.717, 1.165) is 30.7 Å². The van der Waals surface area contributed by atoms with Gasteiger partial charge in [-0.05, 0) is 56.5 Å². The molecule has 0 saturated carbocycles. The number of hydrogen-bond donors (Lipinski definition) is 1. The van der Waals surface area contributed by atoms with Gasteiger partial charge in [0.15, 0.2) is 0 Å². The molecular formula is C16H23N3. The highest BCUT2D eigenvalue weighted by atomic mass is 15.1. The van der Waals surface area contributed by atoms with Gasteiger partial charge >= 0.3 is 0 Å². The summed E-state index contributed by atoms with van der Waals surface area (Å²) >= 11 is 0. The van der Waals surface area contributed by atoms with Gasteiger partial charge in [-0.1, -0.05) is 11.6 Å². The minimum Gasteiger partial charge on any atom is -0.362 e. The molecular weight excluding hydrogens is 234 g/mol. The van der Waals surface area contributed by atoms with Crippen molar-refractivity contribution in [2.24, 2.45) is 5.73 Å². The van der Waals surface area contributed by atoms with E-state index in [1.54, 1.807) is 0 Å². The molecule has 0 atom stereocenters. The van der Waals surface area contributed by atoms with Crippen LogP contribution < -0.4 is 10.6 Å².